The van der Waals surface area contributed by atoms with Crippen molar-refractivity contribution < 1.29 is 10.0 Å². The van der Waals surface area contributed by atoms with Gasteiger partial charge in [0.05, 0.1) is 4.92 Å². The molecular formula is C20H25NO3. The minimum absolute atomic E-state index is 0.0794. The summed E-state index contributed by atoms with van der Waals surface area (Å²) in [5, 5.41) is 21.7. The Balaban J connectivity index is 2.65. The molecule has 2 aromatic carbocycles. The van der Waals surface area contributed by atoms with Gasteiger partial charge in [0.25, 0.3) is 5.69 Å². The molecule has 0 heterocycles. The normalized spacial score (nSPS) is 13.5. The molecule has 0 saturated carbocycles. The van der Waals surface area contributed by atoms with Crippen LogP contribution >= 0.6 is 0 Å². The first kappa shape index (κ1) is 18.0. The van der Waals surface area contributed by atoms with Crippen molar-refractivity contribution in [3.63, 3.8) is 0 Å². The zero-order valence-corrected chi connectivity index (χ0v) is 14.7. The predicted octanol–water partition coefficient (Wildman–Crippen LogP) is 5.99. The Morgan fingerprint density at radius 1 is 1.00 bits per heavy atom. The van der Waals surface area contributed by atoms with Crippen LogP contribution in [0.4, 0.5) is 5.69 Å². The van der Waals surface area contributed by atoms with E-state index in [0.717, 1.165) is 35.1 Å². The molecule has 0 aromatic heterocycles. The number of nitrogens with zero attached hydrogens (tertiary/aromatic N) is 1. The molecule has 0 aliphatic heterocycles. The van der Waals surface area contributed by atoms with Crippen LogP contribution in [0.5, 0.6) is 5.75 Å². The van der Waals surface area contributed by atoms with Gasteiger partial charge in [-0.3, -0.25) is 10.1 Å². The second kappa shape index (κ2) is 7.47. The Bertz CT molecular complexity index is 708. The first-order valence-corrected chi connectivity index (χ1v) is 8.50. The van der Waals surface area contributed by atoms with Gasteiger partial charge in [0.1, 0.15) is 5.75 Å². The van der Waals surface area contributed by atoms with Crippen molar-refractivity contribution >= 4 is 5.69 Å². The first-order chi connectivity index (χ1) is 11.4. The average Bonchev–Trinajstić information content (AvgIpc) is 2.60. The van der Waals surface area contributed by atoms with E-state index in [2.05, 4.69) is 27.7 Å². The summed E-state index contributed by atoms with van der Waals surface area (Å²) in [6.45, 7) is 8.36. The topological polar surface area (TPSA) is 63.4 Å². The minimum atomic E-state index is -0.380. The zero-order chi connectivity index (χ0) is 17.9. The summed E-state index contributed by atoms with van der Waals surface area (Å²) in [7, 11) is 0. The van der Waals surface area contributed by atoms with Crippen LogP contribution in [0.15, 0.2) is 36.4 Å². The summed E-state index contributed by atoms with van der Waals surface area (Å²) in [5.74, 6) is 0.825. The summed E-state index contributed by atoms with van der Waals surface area (Å²) < 4.78 is 0. The van der Waals surface area contributed by atoms with Crippen LogP contribution in [-0.2, 0) is 0 Å². The molecule has 24 heavy (non-hydrogen) atoms. The van der Waals surface area contributed by atoms with E-state index >= 15 is 0 Å². The number of benzene rings is 2. The molecule has 128 valence electrons. The molecule has 0 spiro atoms. The Hall–Kier alpha value is -2.36. The number of nitro benzene ring substituents is 1. The maximum atomic E-state index is 11.0. The highest BCUT2D eigenvalue weighted by Gasteiger charge is 2.19. The van der Waals surface area contributed by atoms with Crippen LogP contribution in [0.3, 0.4) is 0 Å². The number of rotatable bonds is 6. The second-order valence-electron chi connectivity index (χ2n) is 6.43. The van der Waals surface area contributed by atoms with E-state index in [1.807, 2.05) is 18.2 Å². The van der Waals surface area contributed by atoms with Crippen molar-refractivity contribution in [2.45, 2.75) is 52.4 Å². The van der Waals surface area contributed by atoms with Gasteiger partial charge >= 0.3 is 0 Å². The Labute approximate surface area is 143 Å². The van der Waals surface area contributed by atoms with Crippen molar-refractivity contribution in [1.82, 2.24) is 0 Å². The number of aromatic hydroxyl groups is 1. The molecule has 2 rings (SSSR count). The molecule has 0 aliphatic rings. The van der Waals surface area contributed by atoms with Gasteiger partial charge in [-0.15, -0.1) is 0 Å². The molecule has 0 amide bonds. The third kappa shape index (κ3) is 3.58. The van der Waals surface area contributed by atoms with Crippen LogP contribution < -0.4 is 0 Å². The van der Waals surface area contributed by atoms with Crippen molar-refractivity contribution in [3.8, 4) is 16.9 Å². The van der Waals surface area contributed by atoms with Crippen molar-refractivity contribution in [2.24, 2.45) is 0 Å². The molecule has 2 atom stereocenters. The molecule has 4 nitrogen and oxygen atoms in total. The lowest BCUT2D eigenvalue weighted by Gasteiger charge is -2.20. The standard InChI is InChI=1S/C20H25NO3/c1-5-13(3)18-11-16(12-19(20(18)22)14(4)6-2)15-8-7-9-17(10-15)21(23)24/h7-14,22H,5-6H2,1-4H3. The number of nitro groups is 1. The summed E-state index contributed by atoms with van der Waals surface area (Å²) >= 11 is 0. The van der Waals surface area contributed by atoms with Crippen LogP contribution in [-0.4, -0.2) is 10.0 Å². The van der Waals surface area contributed by atoms with Crippen molar-refractivity contribution in [3.05, 3.63) is 57.6 Å². The lowest BCUT2D eigenvalue weighted by atomic mass is 9.86. The molecule has 0 radical (unpaired) electrons. The van der Waals surface area contributed by atoms with Crippen LogP contribution in [0.1, 0.15) is 63.5 Å². The lowest BCUT2D eigenvalue weighted by molar-refractivity contribution is -0.384. The number of hydrogen-bond acceptors (Lipinski definition) is 3. The maximum Gasteiger partial charge on any atom is 0.270 e. The van der Waals surface area contributed by atoms with Crippen LogP contribution in [0.2, 0.25) is 0 Å². The summed E-state index contributed by atoms with van der Waals surface area (Å²) in [4.78, 5) is 10.7. The average molecular weight is 327 g/mol. The Morgan fingerprint density at radius 2 is 1.54 bits per heavy atom. The number of hydrogen-bond donors (Lipinski definition) is 1. The fourth-order valence-corrected chi connectivity index (χ4v) is 2.84. The highest BCUT2D eigenvalue weighted by molar-refractivity contribution is 5.70. The Morgan fingerprint density at radius 3 is 2.00 bits per heavy atom. The molecular weight excluding hydrogens is 302 g/mol. The molecule has 0 fully saturated rings. The largest absolute Gasteiger partial charge is 0.507 e. The van der Waals surface area contributed by atoms with Gasteiger partial charge in [0.15, 0.2) is 0 Å². The minimum Gasteiger partial charge on any atom is -0.507 e. The molecule has 0 bridgehead atoms. The Kier molecular flexibility index (Phi) is 5.60. The number of phenolic OH excluding ortho intramolecular Hbond substituents is 1. The maximum absolute atomic E-state index is 11.0. The van der Waals surface area contributed by atoms with E-state index in [4.69, 9.17) is 0 Å². The molecule has 0 saturated heterocycles. The second-order valence-corrected chi connectivity index (χ2v) is 6.43. The number of non-ortho nitro benzene ring substituents is 1. The molecule has 4 heteroatoms. The van der Waals surface area contributed by atoms with Crippen LogP contribution in [0.25, 0.3) is 11.1 Å². The SMILES string of the molecule is CCC(C)c1cc(-c2cccc([N+](=O)[O-])c2)cc(C(C)CC)c1O. The lowest BCUT2D eigenvalue weighted by Crippen LogP contribution is -2.00. The van der Waals surface area contributed by atoms with Crippen LogP contribution in [0, 0.1) is 10.1 Å². The fourth-order valence-electron chi connectivity index (χ4n) is 2.84. The highest BCUT2D eigenvalue weighted by atomic mass is 16.6. The van der Waals surface area contributed by atoms with Gasteiger partial charge in [0, 0.05) is 12.1 Å². The van der Waals surface area contributed by atoms with E-state index in [0.29, 0.717) is 5.75 Å². The van der Waals surface area contributed by atoms with E-state index < -0.39 is 0 Å². The van der Waals surface area contributed by atoms with Gasteiger partial charge < -0.3 is 5.11 Å². The molecule has 1 N–H and O–H groups in total. The third-order valence-corrected chi connectivity index (χ3v) is 4.85. The van der Waals surface area contributed by atoms with Crippen molar-refractivity contribution in [2.75, 3.05) is 0 Å². The first-order valence-electron chi connectivity index (χ1n) is 8.50. The van der Waals surface area contributed by atoms with Crippen molar-refractivity contribution in [1.29, 1.82) is 0 Å². The quantitative estimate of drug-likeness (QED) is 0.523. The van der Waals surface area contributed by atoms with E-state index in [1.54, 1.807) is 12.1 Å². The monoisotopic (exact) mass is 327 g/mol. The van der Waals surface area contributed by atoms with E-state index in [-0.39, 0.29) is 22.4 Å². The summed E-state index contributed by atoms with van der Waals surface area (Å²) in [5.41, 5.74) is 3.63. The smallest absolute Gasteiger partial charge is 0.270 e. The van der Waals surface area contributed by atoms with Gasteiger partial charge in [-0.05, 0) is 59.1 Å². The van der Waals surface area contributed by atoms with Gasteiger partial charge in [-0.2, -0.15) is 0 Å². The zero-order valence-electron chi connectivity index (χ0n) is 14.7. The fraction of sp³-hybridized carbons (Fsp3) is 0.400. The predicted molar refractivity (Wildman–Crippen MR) is 97.6 cm³/mol. The molecule has 0 aliphatic carbocycles. The number of phenols is 1. The summed E-state index contributed by atoms with van der Waals surface area (Å²) in [6, 6.07) is 10.6. The summed E-state index contributed by atoms with van der Waals surface area (Å²) in [6.07, 6.45) is 1.85. The molecule has 2 aromatic rings. The van der Waals surface area contributed by atoms with E-state index in [9.17, 15) is 15.2 Å². The highest BCUT2D eigenvalue weighted by Crippen LogP contribution is 2.40. The van der Waals surface area contributed by atoms with Gasteiger partial charge in [-0.25, -0.2) is 0 Å². The van der Waals surface area contributed by atoms with E-state index in [1.165, 1.54) is 6.07 Å². The van der Waals surface area contributed by atoms with Gasteiger partial charge in [-0.1, -0.05) is 39.8 Å². The third-order valence-electron chi connectivity index (χ3n) is 4.85. The molecule has 2 unspecified atom stereocenters. The van der Waals surface area contributed by atoms with Gasteiger partial charge in [0.2, 0.25) is 0 Å².